The monoisotopic (exact) mass is 142 g/mol. The predicted octanol–water partition coefficient (Wildman–Crippen LogP) is 0.543. The Hall–Kier alpha value is -0.570. The molecule has 0 aromatic carbocycles. The molecule has 58 valence electrons. The Labute approximate surface area is 61.3 Å². The molecule has 0 amide bonds. The molecule has 10 heavy (non-hydrogen) atoms. The zero-order chi connectivity index (χ0) is 7.40. The molecular weight excluding hydrogens is 128 g/mol. The minimum Gasteiger partial charge on any atom is -0.476 e. The second-order valence-electron chi connectivity index (χ2n) is 2.42. The molecule has 0 bridgehead atoms. The quantitative estimate of drug-likeness (QED) is 0.625. The highest BCUT2D eigenvalue weighted by Gasteiger charge is 2.16. The van der Waals surface area contributed by atoms with Gasteiger partial charge < -0.3 is 10.5 Å². The molecule has 1 aliphatic rings. The Bertz CT molecular complexity index is 134. The maximum atomic E-state index is 5.42. The van der Waals surface area contributed by atoms with E-state index in [9.17, 15) is 0 Å². The molecule has 0 saturated heterocycles. The number of nitrogens with zero attached hydrogens (tertiary/aromatic N) is 1. The van der Waals surface area contributed by atoms with Crippen molar-refractivity contribution in [3.8, 4) is 0 Å². The van der Waals surface area contributed by atoms with E-state index in [-0.39, 0.29) is 0 Å². The molecule has 3 nitrogen and oxygen atoms in total. The molecule has 0 radical (unpaired) electrons. The summed E-state index contributed by atoms with van der Waals surface area (Å²) in [5, 5.41) is 0. The average molecular weight is 142 g/mol. The summed E-state index contributed by atoms with van der Waals surface area (Å²) >= 11 is 0. The third kappa shape index (κ3) is 1.70. The molecular formula is C7H14N2O. The Morgan fingerprint density at radius 1 is 1.80 bits per heavy atom. The molecule has 0 aromatic heterocycles. The van der Waals surface area contributed by atoms with Crippen LogP contribution in [0.2, 0.25) is 0 Å². The van der Waals surface area contributed by atoms with Gasteiger partial charge in [0.25, 0.3) is 0 Å². The van der Waals surface area contributed by atoms with Gasteiger partial charge in [-0.3, -0.25) is 4.99 Å². The molecule has 3 heteroatoms. The van der Waals surface area contributed by atoms with Crippen LogP contribution in [0.25, 0.3) is 0 Å². The summed E-state index contributed by atoms with van der Waals surface area (Å²) in [7, 11) is 0. The third-order valence-electron chi connectivity index (χ3n) is 1.59. The average Bonchev–Trinajstić information content (AvgIpc) is 2.37. The van der Waals surface area contributed by atoms with Gasteiger partial charge in [-0.2, -0.15) is 0 Å². The highest BCUT2D eigenvalue weighted by molar-refractivity contribution is 5.77. The smallest absolute Gasteiger partial charge is 0.184 e. The molecule has 0 saturated carbocycles. The molecule has 1 heterocycles. The van der Waals surface area contributed by atoms with Crippen molar-refractivity contribution in [2.24, 2.45) is 10.7 Å². The van der Waals surface area contributed by atoms with E-state index in [0.717, 1.165) is 25.3 Å². The number of nitrogens with two attached hydrogens (primary N) is 1. The van der Waals surface area contributed by atoms with Gasteiger partial charge >= 0.3 is 0 Å². The molecule has 0 aromatic rings. The lowest BCUT2D eigenvalue weighted by Crippen LogP contribution is -2.13. The van der Waals surface area contributed by atoms with Crippen molar-refractivity contribution in [2.75, 3.05) is 13.1 Å². The standard InChI is InChI=1S/C7H14N2O/c1-2-6-5-9-7(10-6)3-4-8/h6H,2-5,8H2,1H3. The highest BCUT2D eigenvalue weighted by Crippen LogP contribution is 2.08. The van der Waals surface area contributed by atoms with E-state index in [2.05, 4.69) is 11.9 Å². The summed E-state index contributed by atoms with van der Waals surface area (Å²) in [5.74, 6) is 0.842. The Balaban J connectivity index is 2.25. The first-order valence-electron chi connectivity index (χ1n) is 3.77. The van der Waals surface area contributed by atoms with E-state index >= 15 is 0 Å². The topological polar surface area (TPSA) is 47.6 Å². The number of aliphatic imine (C=N–C) groups is 1. The largest absolute Gasteiger partial charge is 0.476 e. The molecule has 1 unspecified atom stereocenters. The van der Waals surface area contributed by atoms with Gasteiger partial charge in [0.2, 0.25) is 0 Å². The van der Waals surface area contributed by atoms with Crippen LogP contribution in [-0.4, -0.2) is 25.1 Å². The van der Waals surface area contributed by atoms with Crippen LogP contribution in [0.15, 0.2) is 4.99 Å². The van der Waals surface area contributed by atoms with E-state index in [4.69, 9.17) is 10.5 Å². The van der Waals surface area contributed by atoms with Gasteiger partial charge in [0.1, 0.15) is 6.10 Å². The van der Waals surface area contributed by atoms with E-state index in [1.165, 1.54) is 0 Å². The van der Waals surface area contributed by atoms with Gasteiger partial charge in [0.05, 0.1) is 6.54 Å². The van der Waals surface area contributed by atoms with Crippen molar-refractivity contribution in [1.82, 2.24) is 0 Å². The summed E-state index contributed by atoms with van der Waals surface area (Å²) < 4.78 is 5.42. The maximum Gasteiger partial charge on any atom is 0.184 e. The lowest BCUT2D eigenvalue weighted by Gasteiger charge is -2.06. The molecule has 1 aliphatic heterocycles. The molecule has 0 spiro atoms. The van der Waals surface area contributed by atoms with Crippen LogP contribution in [0.4, 0.5) is 0 Å². The van der Waals surface area contributed by atoms with Crippen molar-refractivity contribution in [2.45, 2.75) is 25.9 Å². The predicted molar refractivity (Wildman–Crippen MR) is 41.1 cm³/mol. The van der Waals surface area contributed by atoms with Crippen LogP contribution in [0.1, 0.15) is 19.8 Å². The van der Waals surface area contributed by atoms with Gasteiger partial charge in [-0.05, 0) is 6.42 Å². The van der Waals surface area contributed by atoms with E-state index in [1.54, 1.807) is 0 Å². The fraction of sp³-hybridized carbons (Fsp3) is 0.857. The summed E-state index contributed by atoms with van der Waals surface area (Å²) in [6, 6.07) is 0. The van der Waals surface area contributed by atoms with Gasteiger partial charge in [-0.1, -0.05) is 6.92 Å². The highest BCUT2D eigenvalue weighted by atomic mass is 16.5. The van der Waals surface area contributed by atoms with Crippen LogP contribution in [-0.2, 0) is 4.74 Å². The number of ether oxygens (including phenoxy) is 1. The van der Waals surface area contributed by atoms with Gasteiger partial charge in [0.15, 0.2) is 5.90 Å². The molecule has 0 fully saturated rings. The Kier molecular flexibility index (Phi) is 2.68. The molecule has 1 atom stereocenters. The fourth-order valence-corrected chi connectivity index (χ4v) is 0.944. The van der Waals surface area contributed by atoms with E-state index in [1.807, 2.05) is 0 Å². The number of rotatable bonds is 3. The van der Waals surface area contributed by atoms with Crippen molar-refractivity contribution in [3.05, 3.63) is 0 Å². The molecule has 2 N–H and O–H groups in total. The van der Waals surface area contributed by atoms with Crippen molar-refractivity contribution >= 4 is 5.90 Å². The fourth-order valence-electron chi connectivity index (χ4n) is 0.944. The summed E-state index contributed by atoms with van der Waals surface area (Å²) in [5.41, 5.74) is 5.33. The summed E-state index contributed by atoms with van der Waals surface area (Å²) in [6.07, 6.45) is 2.15. The molecule has 1 rings (SSSR count). The zero-order valence-electron chi connectivity index (χ0n) is 6.34. The normalized spacial score (nSPS) is 24.2. The van der Waals surface area contributed by atoms with E-state index < -0.39 is 0 Å². The summed E-state index contributed by atoms with van der Waals surface area (Å²) in [6.45, 7) is 3.56. The van der Waals surface area contributed by atoms with Gasteiger partial charge in [-0.15, -0.1) is 0 Å². The van der Waals surface area contributed by atoms with Gasteiger partial charge in [-0.25, -0.2) is 0 Å². The number of hydrogen-bond acceptors (Lipinski definition) is 3. The van der Waals surface area contributed by atoms with Crippen LogP contribution < -0.4 is 5.73 Å². The van der Waals surface area contributed by atoms with Crippen LogP contribution in [0.5, 0.6) is 0 Å². The Morgan fingerprint density at radius 2 is 2.60 bits per heavy atom. The minimum atomic E-state index is 0.321. The molecule has 0 aliphatic carbocycles. The second kappa shape index (κ2) is 3.56. The van der Waals surface area contributed by atoms with Crippen molar-refractivity contribution in [3.63, 3.8) is 0 Å². The van der Waals surface area contributed by atoms with Gasteiger partial charge in [0, 0.05) is 13.0 Å². The lowest BCUT2D eigenvalue weighted by molar-refractivity contribution is 0.214. The lowest BCUT2D eigenvalue weighted by atomic mass is 10.3. The SMILES string of the molecule is CCC1CN=C(CCN)O1. The zero-order valence-corrected chi connectivity index (χ0v) is 6.34. The van der Waals surface area contributed by atoms with Crippen LogP contribution in [0.3, 0.4) is 0 Å². The summed E-state index contributed by atoms with van der Waals surface area (Å²) in [4.78, 5) is 4.19. The van der Waals surface area contributed by atoms with Crippen LogP contribution >= 0.6 is 0 Å². The van der Waals surface area contributed by atoms with Crippen molar-refractivity contribution in [1.29, 1.82) is 0 Å². The van der Waals surface area contributed by atoms with E-state index in [0.29, 0.717) is 12.6 Å². The minimum absolute atomic E-state index is 0.321. The third-order valence-corrected chi connectivity index (χ3v) is 1.59. The number of hydrogen-bond donors (Lipinski definition) is 1. The maximum absolute atomic E-state index is 5.42. The second-order valence-corrected chi connectivity index (χ2v) is 2.42. The first-order valence-corrected chi connectivity index (χ1v) is 3.77. The Morgan fingerprint density at radius 3 is 3.10 bits per heavy atom. The first kappa shape index (κ1) is 7.54. The first-order chi connectivity index (χ1) is 4.86. The van der Waals surface area contributed by atoms with Crippen LogP contribution in [0, 0.1) is 0 Å². The van der Waals surface area contributed by atoms with Crippen molar-refractivity contribution < 1.29 is 4.74 Å².